The van der Waals surface area contributed by atoms with Crippen molar-refractivity contribution >= 4 is 11.0 Å². The molecule has 7 heteroatoms. The van der Waals surface area contributed by atoms with Crippen LogP contribution in [0.1, 0.15) is 49.8 Å². The summed E-state index contributed by atoms with van der Waals surface area (Å²) in [5, 5.41) is 24.0. The number of aromatic amines is 1. The molecule has 0 aliphatic carbocycles. The minimum absolute atomic E-state index is 0.209. The summed E-state index contributed by atoms with van der Waals surface area (Å²) in [5.41, 5.74) is 4.30. The molecule has 1 aromatic carbocycles. The van der Waals surface area contributed by atoms with Crippen LogP contribution in [0, 0.1) is 5.92 Å². The third kappa shape index (κ3) is 3.81. The minimum atomic E-state index is 0.209. The Balaban J connectivity index is 1.25. The molecule has 1 aliphatic rings. The smallest absolute Gasteiger partial charge is 0.160 e. The number of hydrogen-bond acceptors (Lipinski definition) is 6. The number of H-pyrrole nitrogens is 1. The summed E-state index contributed by atoms with van der Waals surface area (Å²) in [4.78, 5) is 5.78. The number of aromatic nitrogens is 4. The lowest BCUT2D eigenvalue weighted by Crippen LogP contribution is -2.44. The van der Waals surface area contributed by atoms with Gasteiger partial charge in [0.15, 0.2) is 5.65 Å². The van der Waals surface area contributed by atoms with E-state index in [4.69, 9.17) is 4.52 Å². The molecule has 1 saturated heterocycles. The van der Waals surface area contributed by atoms with Crippen LogP contribution >= 0.6 is 0 Å². The van der Waals surface area contributed by atoms with Crippen LogP contribution in [0.5, 0.6) is 5.75 Å². The van der Waals surface area contributed by atoms with Crippen LogP contribution in [0.25, 0.3) is 22.3 Å². The molecule has 1 aliphatic heterocycles. The molecule has 31 heavy (non-hydrogen) atoms. The third-order valence-corrected chi connectivity index (χ3v) is 6.39. The van der Waals surface area contributed by atoms with Gasteiger partial charge in [0, 0.05) is 54.2 Å². The molecule has 4 heterocycles. The number of aromatic hydroxyl groups is 1. The van der Waals surface area contributed by atoms with Gasteiger partial charge in [-0.15, -0.1) is 10.2 Å². The predicted molar refractivity (Wildman–Crippen MR) is 119 cm³/mol. The topological polar surface area (TPSA) is 91.1 Å². The summed E-state index contributed by atoms with van der Waals surface area (Å²) >= 11 is 0. The lowest BCUT2D eigenvalue weighted by Gasteiger charge is -2.38. The average molecular weight is 418 g/mol. The van der Waals surface area contributed by atoms with E-state index in [9.17, 15) is 5.11 Å². The fraction of sp³-hybridized carbons (Fsp3) is 0.375. The van der Waals surface area contributed by atoms with Crippen molar-refractivity contribution in [3.05, 3.63) is 59.6 Å². The SMILES string of the molecule is CC(C)[C@@H](C)c1cc(CN2CC(c3cc4cc(-c5ccccc5O)nnc4[nH]3)C2)no1. The van der Waals surface area contributed by atoms with Gasteiger partial charge in [-0.25, -0.2) is 0 Å². The van der Waals surface area contributed by atoms with Gasteiger partial charge in [0.1, 0.15) is 11.5 Å². The molecule has 0 unspecified atom stereocenters. The number of nitrogens with zero attached hydrogens (tertiary/aromatic N) is 4. The Hall–Kier alpha value is -3.19. The van der Waals surface area contributed by atoms with Crippen LogP contribution in [-0.2, 0) is 6.54 Å². The first-order chi connectivity index (χ1) is 15.0. The maximum Gasteiger partial charge on any atom is 0.160 e. The number of hydrogen-bond donors (Lipinski definition) is 2. The summed E-state index contributed by atoms with van der Waals surface area (Å²) in [6, 6.07) is 13.4. The predicted octanol–water partition coefficient (Wildman–Crippen LogP) is 4.68. The summed E-state index contributed by atoms with van der Waals surface area (Å²) in [7, 11) is 0. The number of rotatable bonds is 6. The van der Waals surface area contributed by atoms with Gasteiger partial charge in [-0.3, -0.25) is 4.90 Å². The van der Waals surface area contributed by atoms with Crippen LogP contribution in [0.2, 0.25) is 0 Å². The van der Waals surface area contributed by atoms with Crippen molar-refractivity contribution in [2.45, 2.75) is 39.2 Å². The highest BCUT2D eigenvalue weighted by atomic mass is 16.5. The molecule has 1 fully saturated rings. The van der Waals surface area contributed by atoms with E-state index < -0.39 is 0 Å². The second-order valence-corrected chi connectivity index (χ2v) is 8.92. The standard InChI is InChI=1S/C24H27N5O2/c1-14(2)15(3)23-10-18(28-31-23)13-29-11-17(12-29)20-8-16-9-21(26-27-24(16)25-20)19-6-4-5-7-22(19)30/h4-10,14-15,17,30H,11-13H2,1-3H3,(H,25,27)/t15-/m1/s1. The van der Waals surface area contributed by atoms with E-state index in [-0.39, 0.29) is 5.75 Å². The van der Waals surface area contributed by atoms with Crippen LogP contribution in [0.4, 0.5) is 0 Å². The van der Waals surface area contributed by atoms with E-state index >= 15 is 0 Å². The fourth-order valence-electron chi connectivity index (χ4n) is 4.07. The largest absolute Gasteiger partial charge is 0.507 e. The Labute approximate surface area is 181 Å². The molecule has 1 atom stereocenters. The Kier molecular flexibility index (Phi) is 4.98. The first-order valence-corrected chi connectivity index (χ1v) is 10.8. The first kappa shape index (κ1) is 19.8. The van der Waals surface area contributed by atoms with E-state index in [0.717, 1.165) is 42.1 Å². The highest BCUT2D eigenvalue weighted by molar-refractivity contribution is 5.81. The maximum atomic E-state index is 10.1. The van der Waals surface area contributed by atoms with E-state index in [0.29, 0.717) is 29.0 Å². The second kappa shape index (κ2) is 7.81. The Bertz CT molecular complexity index is 1210. The number of benzene rings is 1. The van der Waals surface area contributed by atoms with Gasteiger partial charge in [0.2, 0.25) is 0 Å². The van der Waals surface area contributed by atoms with Gasteiger partial charge < -0.3 is 14.6 Å². The number of phenolic OH excluding ortho intramolecular Hbond substituents is 1. The van der Waals surface area contributed by atoms with Crippen molar-refractivity contribution in [3.63, 3.8) is 0 Å². The lowest BCUT2D eigenvalue weighted by atomic mass is 9.94. The van der Waals surface area contributed by atoms with Gasteiger partial charge in [-0.1, -0.05) is 38.1 Å². The summed E-state index contributed by atoms with van der Waals surface area (Å²) in [6.45, 7) is 9.32. The van der Waals surface area contributed by atoms with E-state index in [1.807, 2.05) is 18.2 Å². The van der Waals surface area contributed by atoms with Crippen molar-refractivity contribution < 1.29 is 9.63 Å². The summed E-state index contributed by atoms with van der Waals surface area (Å²) in [6.07, 6.45) is 0. The monoisotopic (exact) mass is 417 g/mol. The van der Waals surface area contributed by atoms with Crippen molar-refractivity contribution in [1.82, 2.24) is 25.2 Å². The molecular formula is C24H27N5O2. The van der Waals surface area contributed by atoms with E-state index in [1.165, 1.54) is 5.69 Å². The molecule has 0 amide bonds. The molecule has 0 spiro atoms. The van der Waals surface area contributed by atoms with Crippen LogP contribution < -0.4 is 0 Å². The number of para-hydroxylation sites is 1. The molecule has 0 saturated carbocycles. The van der Waals surface area contributed by atoms with Gasteiger partial charge in [0.25, 0.3) is 0 Å². The molecule has 160 valence electrons. The quantitative estimate of drug-likeness (QED) is 0.473. The van der Waals surface area contributed by atoms with Crippen molar-refractivity contribution in [2.75, 3.05) is 13.1 Å². The number of phenols is 1. The van der Waals surface area contributed by atoms with Crippen molar-refractivity contribution in [1.29, 1.82) is 0 Å². The molecular weight excluding hydrogens is 390 g/mol. The van der Waals surface area contributed by atoms with Crippen molar-refractivity contribution in [3.8, 4) is 17.0 Å². The summed E-state index contributed by atoms with van der Waals surface area (Å²) in [5.74, 6) is 2.52. The Morgan fingerprint density at radius 1 is 1.13 bits per heavy atom. The average Bonchev–Trinajstić information content (AvgIpc) is 3.36. The zero-order valence-corrected chi connectivity index (χ0v) is 18.0. The van der Waals surface area contributed by atoms with Crippen LogP contribution in [0.3, 0.4) is 0 Å². The summed E-state index contributed by atoms with van der Waals surface area (Å²) < 4.78 is 5.55. The molecule has 3 aromatic heterocycles. The van der Waals surface area contributed by atoms with Crippen LogP contribution in [-0.4, -0.2) is 43.4 Å². The van der Waals surface area contributed by atoms with E-state index in [2.05, 4.69) is 58.1 Å². The lowest BCUT2D eigenvalue weighted by molar-refractivity contribution is 0.134. The van der Waals surface area contributed by atoms with Crippen molar-refractivity contribution in [2.24, 2.45) is 5.92 Å². The molecule has 7 nitrogen and oxygen atoms in total. The molecule has 4 aromatic rings. The Morgan fingerprint density at radius 2 is 1.94 bits per heavy atom. The first-order valence-electron chi connectivity index (χ1n) is 10.8. The molecule has 2 N–H and O–H groups in total. The zero-order chi connectivity index (χ0) is 21.5. The van der Waals surface area contributed by atoms with E-state index in [1.54, 1.807) is 12.1 Å². The van der Waals surface area contributed by atoms with Gasteiger partial charge in [-0.05, 0) is 30.2 Å². The highest BCUT2D eigenvalue weighted by Gasteiger charge is 2.30. The highest BCUT2D eigenvalue weighted by Crippen LogP contribution is 2.32. The normalized spacial score (nSPS) is 16.1. The number of fused-ring (bicyclic) bond motifs is 1. The molecule has 5 rings (SSSR count). The third-order valence-electron chi connectivity index (χ3n) is 6.39. The second-order valence-electron chi connectivity index (χ2n) is 8.92. The minimum Gasteiger partial charge on any atom is -0.507 e. The zero-order valence-electron chi connectivity index (χ0n) is 18.0. The maximum absolute atomic E-state index is 10.1. The van der Waals surface area contributed by atoms with Crippen LogP contribution in [0.15, 0.2) is 47.0 Å². The molecule has 0 radical (unpaired) electrons. The number of likely N-dealkylation sites (tertiary alicyclic amines) is 1. The van der Waals surface area contributed by atoms with Gasteiger partial charge in [0.05, 0.1) is 11.4 Å². The molecule has 0 bridgehead atoms. The Morgan fingerprint density at radius 3 is 2.71 bits per heavy atom. The van der Waals surface area contributed by atoms with Gasteiger partial charge >= 0.3 is 0 Å². The number of nitrogens with one attached hydrogen (secondary N) is 1. The fourth-order valence-corrected chi connectivity index (χ4v) is 4.07. The van der Waals surface area contributed by atoms with Gasteiger partial charge in [-0.2, -0.15) is 0 Å².